The average molecular weight is 295 g/mol. The highest BCUT2D eigenvalue weighted by Gasteiger charge is 2.16. The molecule has 0 fully saturated rings. The molecule has 3 nitrogen and oxygen atoms in total. The van der Waals surface area contributed by atoms with Crippen molar-refractivity contribution in [3.63, 3.8) is 0 Å². The van der Waals surface area contributed by atoms with Crippen LogP contribution in [-0.4, -0.2) is 11.0 Å². The number of aromatic hydroxyl groups is 1. The fraction of sp³-hybridized carbons (Fsp3) is 0.133. The van der Waals surface area contributed by atoms with Gasteiger partial charge in [0.1, 0.15) is 5.75 Å². The molecular weight excluding hydrogens is 283 g/mol. The number of halogens is 3. The number of benzene rings is 2. The normalized spacial score (nSPS) is 10.5. The van der Waals surface area contributed by atoms with E-state index in [2.05, 4.69) is 5.32 Å². The van der Waals surface area contributed by atoms with E-state index in [1.807, 2.05) is 0 Å². The lowest BCUT2D eigenvalue weighted by molar-refractivity contribution is 0.102. The molecule has 0 atom stereocenters. The van der Waals surface area contributed by atoms with Gasteiger partial charge in [0.05, 0.1) is 0 Å². The number of hydrogen-bond donors (Lipinski definition) is 2. The zero-order chi connectivity index (χ0) is 15.7. The summed E-state index contributed by atoms with van der Waals surface area (Å²) in [5.74, 6) is -5.19. The van der Waals surface area contributed by atoms with Gasteiger partial charge in [-0.15, -0.1) is 0 Å². The van der Waals surface area contributed by atoms with E-state index in [-0.39, 0.29) is 11.3 Å². The van der Waals surface area contributed by atoms with Crippen LogP contribution in [0.4, 0.5) is 18.9 Å². The van der Waals surface area contributed by atoms with Gasteiger partial charge >= 0.3 is 0 Å². The lowest BCUT2D eigenvalue weighted by Gasteiger charge is -2.11. The number of amides is 1. The van der Waals surface area contributed by atoms with Crippen molar-refractivity contribution in [2.45, 2.75) is 13.8 Å². The number of carbonyl (C=O) groups is 1. The average Bonchev–Trinajstić information content (AvgIpc) is 2.41. The first-order chi connectivity index (χ1) is 9.79. The van der Waals surface area contributed by atoms with E-state index in [0.717, 1.165) is 0 Å². The summed E-state index contributed by atoms with van der Waals surface area (Å²) in [6.45, 7) is 3.29. The molecule has 6 heteroatoms. The molecule has 0 radical (unpaired) electrons. The van der Waals surface area contributed by atoms with E-state index in [1.54, 1.807) is 13.8 Å². The van der Waals surface area contributed by atoms with Crippen LogP contribution in [-0.2, 0) is 0 Å². The molecule has 0 aliphatic carbocycles. The Morgan fingerprint density at radius 2 is 1.57 bits per heavy atom. The molecule has 2 aromatic carbocycles. The van der Waals surface area contributed by atoms with Gasteiger partial charge in [-0.3, -0.25) is 4.79 Å². The molecule has 0 aliphatic heterocycles. The first kappa shape index (κ1) is 14.9. The summed E-state index contributed by atoms with van der Waals surface area (Å²) >= 11 is 0. The fourth-order valence-corrected chi connectivity index (χ4v) is 1.82. The van der Waals surface area contributed by atoms with Crippen molar-refractivity contribution in [3.05, 3.63) is 58.4 Å². The number of rotatable bonds is 2. The molecule has 0 aliphatic rings. The Kier molecular flexibility index (Phi) is 3.88. The number of phenols is 1. The van der Waals surface area contributed by atoms with Crippen molar-refractivity contribution >= 4 is 11.6 Å². The summed E-state index contributed by atoms with van der Waals surface area (Å²) in [6, 6.07) is 4.22. The second-order valence-electron chi connectivity index (χ2n) is 4.66. The van der Waals surface area contributed by atoms with Crippen LogP contribution in [0.5, 0.6) is 5.75 Å². The molecular formula is C15H12F3NO2. The number of hydrogen-bond acceptors (Lipinski definition) is 2. The Balaban J connectivity index is 2.32. The smallest absolute Gasteiger partial charge is 0.255 e. The van der Waals surface area contributed by atoms with Gasteiger partial charge in [0.25, 0.3) is 5.91 Å². The van der Waals surface area contributed by atoms with Crippen molar-refractivity contribution in [2.24, 2.45) is 0 Å². The quantitative estimate of drug-likeness (QED) is 0.656. The molecule has 0 spiro atoms. The molecule has 0 heterocycles. The van der Waals surface area contributed by atoms with Crippen LogP contribution in [0, 0.1) is 31.3 Å². The predicted octanol–water partition coefficient (Wildman–Crippen LogP) is 3.68. The van der Waals surface area contributed by atoms with Gasteiger partial charge in [-0.1, -0.05) is 0 Å². The summed E-state index contributed by atoms with van der Waals surface area (Å²) in [5.41, 5.74) is 1.17. The largest absolute Gasteiger partial charge is 0.508 e. The van der Waals surface area contributed by atoms with Gasteiger partial charge in [-0.2, -0.15) is 0 Å². The molecule has 110 valence electrons. The van der Waals surface area contributed by atoms with E-state index >= 15 is 0 Å². The Labute approximate surface area is 119 Å². The maximum Gasteiger partial charge on any atom is 0.255 e. The van der Waals surface area contributed by atoms with E-state index in [0.29, 0.717) is 28.9 Å². The highest BCUT2D eigenvalue weighted by Crippen LogP contribution is 2.25. The van der Waals surface area contributed by atoms with Gasteiger partial charge in [0.2, 0.25) is 0 Å². The first-order valence-corrected chi connectivity index (χ1v) is 6.05. The Hall–Kier alpha value is -2.50. The van der Waals surface area contributed by atoms with Gasteiger partial charge in [0, 0.05) is 11.3 Å². The fourth-order valence-electron chi connectivity index (χ4n) is 1.82. The number of aryl methyl sites for hydroxylation is 2. The highest BCUT2D eigenvalue weighted by atomic mass is 19.2. The molecule has 1 amide bonds. The third kappa shape index (κ3) is 2.99. The van der Waals surface area contributed by atoms with Crippen LogP contribution in [0.1, 0.15) is 21.5 Å². The standard InChI is InChI=1S/C15H12F3NO2/c1-7-4-13(20)8(2)3-12(7)19-15(21)9-5-10(16)14(18)11(17)6-9/h3-6,20H,1-2H3,(H,19,21). The summed E-state index contributed by atoms with van der Waals surface area (Å²) in [7, 11) is 0. The van der Waals surface area contributed by atoms with Crippen molar-refractivity contribution in [1.29, 1.82) is 0 Å². The molecule has 2 N–H and O–H groups in total. The van der Waals surface area contributed by atoms with Crippen LogP contribution in [0.25, 0.3) is 0 Å². The minimum atomic E-state index is -1.62. The molecule has 0 saturated carbocycles. The molecule has 2 rings (SSSR count). The van der Waals surface area contributed by atoms with Crippen molar-refractivity contribution in [3.8, 4) is 5.75 Å². The SMILES string of the molecule is Cc1cc(NC(=O)c2cc(F)c(F)c(F)c2)c(C)cc1O. The number of carbonyl (C=O) groups excluding carboxylic acids is 1. The Morgan fingerprint density at radius 1 is 1.00 bits per heavy atom. The van der Waals surface area contributed by atoms with E-state index in [9.17, 15) is 23.1 Å². The summed E-state index contributed by atoms with van der Waals surface area (Å²) in [5, 5.41) is 12.0. The third-order valence-electron chi connectivity index (χ3n) is 3.04. The predicted molar refractivity (Wildman–Crippen MR) is 71.9 cm³/mol. The third-order valence-corrected chi connectivity index (χ3v) is 3.04. The van der Waals surface area contributed by atoms with Gasteiger partial charge in [0.15, 0.2) is 17.5 Å². The molecule has 0 unspecified atom stereocenters. The van der Waals surface area contributed by atoms with E-state index in [1.165, 1.54) is 12.1 Å². The molecule has 0 bridgehead atoms. The lowest BCUT2D eigenvalue weighted by atomic mass is 10.1. The molecule has 0 aromatic heterocycles. The monoisotopic (exact) mass is 295 g/mol. The van der Waals surface area contributed by atoms with Crippen molar-refractivity contribution < 1.29 is 23.1 Å². The van der Waals surface area contributed by atoms with Crippen LogP contribution < -0.4 is 5.32 Å². The van der Waals surface area contributed by atoms with Crippen LogP contribution in [0.15, 0.2) is 24.3 Å². The Morgan fingerprint density at radius 3 is 2.14 bits per heavy atom. The zero-order valence-electron chi connectivity index (χ0n) is 11.3. The van der Waals surface area contributed by atoms with Crippen LogP contribution in [0.2, 0.25) is 0 Å². The second kappa shape index (κ2) is 5.47. The minimum Gasteiger partial charge on any atom is -0.508 e. The van der Waals surface area contributed by atoms with E-state index in [4.69, 9.17) is 0 Å². The summed E-state index contributed by atoms with van der Waals surface area (Å²) in [4.78, 5) is 11.9. The van der Waals surface area contributed by atoms with Gasteiger partial charge in [-0.25, -0.2) is 13.2 Å². The summed E-state index contributed by atoms with van der Waals surface area (Å²) in [6.07, 6.45) is 0. The van der Waals surface area contributed by atoms with Crippen LogP contribution >= 0.6 is 0 Å². The number of nitrogens with one attached hydrogen (secondary N) is 1. The van der Waals surface area contributed by atoms with Gasteiger partial charge in [-0.05, 0) is 49.2 Å². The first-order valence-electron chi connectivity index (χ1n) is 6.05. The van der Waals surface area contributed by atoms with E-state index < -0.39 is 23.4 Å². The van der Waals surface area contributed by atoms with Crippen molar-refractivity contribution in [1.82, 2.24) is 0 Å². The maximum atomic E-state index is 13.1. The zero-order valence-corrected chi connectivity index (χ0v) is 11.3. The number of phenolic OH excluding ortho intramolecular Hbond substituents is 1. The Bertz CT molecular complexity index is 706. The van der Waals surface area contributed by atoms with Crippen molar-refractivity contribution in [2.75, 3.05) is 5.32 Å². The second-order valence-corrected chi connectivity index (χ2v) is 4.66. The molecule has 21 heavy (non-hydrogen) atoms. The topological polar surface area (TPSA) is 49.3 Å². The summed E-state index contributed by atoms with van der Waals surface area (Å²) < 4.78 is 39.1. The highest BCUT2D eigenvalue weighted by molar-refractivity contribution is 6.04. The van der Waals surface area contributed by atoms with Gasteiger partial charge < -0.3 is 10.4 Å². The minimum absolute atomic E-state index is 0.0735. The number of anilines is 1. The van der Waals surface area contributed by atoms with Crippen LogP contribution in [0.3, 0.4) is 0 Å². The maximum absolute atomic E-state index is 13.1. The lowest BCUT2D eigenvalue weighted by Crippen LogP contribution is -2.14. The molecule has 0 saturated heterocycles. The molecule has 2 aromatic rings.